The van der Waals surface area contributed by atoms with Gasteiger partial charge in [-0.25, -0.2) is 0 Å². The second-order valence-corrected chi connectivity index (χ2v) is 6.04. The number of benzene rings is 1. The lowest BCUT2D eigenvalue weighted by Gasteiger charge is -2.13. The Kier molecular flexibility index (Phi) is 5.02. The third-order valence-electron chi connectivity index (χ3n) is 4.23. The smallest absolute Gasteiger partial charge is 0.256 e. The zero-order chi connectivity index (χ0) is 16.4. The monoisotopic (exact) mass is 337 g/mol. The predicted molar refractivity (Wildman–Crippen MR) is 88.3 cm³/mol. The lowest BCUT2D eigenvalue weighted by molar-refractivity contribution is -0.190. The molecule has 2 heterocycles. The Hall–Kier alpha value is -1.40. The highest BCUT2D eigenvalue weighted by atomic mass is 35.5. The first kappa shape index (κ1) is 16.5. The summed E-state index contributed by atoms with van der Waals surface area (Å²) in [5.74, 6) is 0.420. The first-order valence-corrected chi connectivity index (χ1v) is 8.13. The van der Waals surface area contributed by atoms with Crippen LogP contribution in [0.3, 0.4) is 0 Å². The molecule has 3 unspecified atom stereocenters. The second kappa shape index (κ2) is 7.01. The fourth-order valence-electron chi connectivity index (χ4n) is 3.05. The fourth-order valence-corrected chi connectivity index (χ4v) is 3.27. The summed E-state index contributed by atoms with van der Waals surface area (Å²) in [4.78, 5) is 12.3. The van der Waals surface area contributed by atoms with Gasteiger partial charge in [0, 0.05) is 49.3 Å². The summed E-state index contributed by atoms with van der Waals surface area (Å²) in [6.45, 7) is 0. The van der Waals surface area contributed by atoms with Crippen LogP contribution < -0.4 is 5.32 Å². The molecule has 1 aromatic carbocycles. The quantitative estimate of drug-likeness (QED) is 0.663. The van der Waals surface area contributed by atoms with Crippen LogP contribution in [0.1, 0.15) is 17.5 Å². The first-order chi connectivity index (χ1) is 11.2. The number of hydrogen-bond acceptors (Lipinski definition) is 4. The number of hydrogen-bond donors (Lipinski definition) is 1. The molecule has 1 fully saturated rings. The average Bonchev–Trinajstić information content (AvgIpc) is 3.09. The molecule has 0 aliphatic carbocycles. The molecule has 3 rings (SSSR count). The minimum absolute atomic E-state index is 0.0340. The Morgan fingerprint density at radius 3 is 2.91 bits per heavy atom. The van der Waals surface area contributed by atoms with Crippen molar-refractivity contribution in [3.8, 4) is 0 Å². The normalized spacial score (nSPS) is 28.2. The van der Waals surface area contributed by atoms with E-state index in [4.69, 9.17) is 25.8 Å². The highest BCUT2D eigenvalue weighted by Crippen LogP contribution is 2.37. The third-order valence-corrected chi connectivity index (χ3v) is 4.42. The van der Waals surface area contributed by atoms with Gasteiger partial charge in [0.25, 0.3) is 5.91 Å². The van der Waals surface area contributed by atoms with Crippen molar-refractivity contribution < 1.29 is 19.0 Å². The minimum atomic E-state index is -0.407. The van der Waals surface area contributed by atoms with Gasteiger partial charge in [-0.15, -0.1) is 11.6 Å². The summed E-state index contributed by atoms with van der Waals surface area (Å²) in [6.07, 6.45) is 2.64. The summed E-state index contributed by atoms with van der Waals surface area (Å²) in [5, 5.41) is 2.90. The van der Waals surface area contributed by atoms with Crippen molar-refractivity contribution in [2.75, 3.05) is 25.4 Å². The number of carbonyl (C=O) groups excluding carboxylic acids is 1. The van der Waals surface area contributed by atoms with E-state index >= 15 is 0 Å². The summed E-state index contributed by atoms with van der Waals surface area (Å²) in [5.41, 5.74) is 3.51. The number of fused-ring (bicyclic) bond motifs is 1. The van der Waals surface area contributed by atoms with Crippen molar-refractivity contribution in [3.63, 3.8) is 0 Å². The second-order valence-electron chi connectivity index (χ2n) is 5.66. The first-order valence-electron chi connectivity index (χ1n) is 7.59. The molecule has 0 aromatic heterocycles. The van der Waals surface area contributed by atoms with E-state index in [1.807, 2.05) is 24.3 Å². The maximum Gasteiger partial charge on any atom is 0.256 e. The van der Waals surface area contributed by atoms with Gasteiger partial charge in [-0.1, -0.05) is 12.1 Å². The molecule has 124 valence electrons. The van der Waals surface area contributed by atoms with Crippen LogP contribution in [-0.4, -0.2) is 38.6 Å². The molecule has 0 spiro atoms. The van der Waals surface area contributed by atoms with E-state index in [2.05, 4.69) is 5.32 Å². The Morgan fingerprint density at radius 2 is 2.22 bits per heavy atom. The van der Waals surface area contributed by atoms with E-state index in [0.29, 0.717) is 17.9 Å². The number of anilines is 1. The van der Waals surface area contributed by atoms with E-state index < -0.39 is 6.29 Å². The molecule has 1 N–H and O–H groups in total. The highest BCUT2D eigenvalue weighted by molar-refractivity contribution is 6.31. The van der Waals surface area contributed by atoms with E-state index in [1.54, 1.807) is 14.2 Å². The Bertz CT molecular complexity index is 631. The van der Waals surface area contributed by atoms with Crippen molar-refractivity contribution in [1.82, 2.24) is 0 Å². The number of nitrogens with one attached hydrogen (secondary N) is 1. The van der Waals surface area contributed by atoms with Gasteiger partial charge in [0.1, 0.15) is 0 Å². The number of rotatable bonds is 5. The third kappa shape index (κ3) is 3.28. The maximum atomic E-state index is 12.3. The highest BCUT2D eigenvalue weighted by Gasteiger charge is 2.36. The minimum Gasteiger partial charge on any atom is -0.356 e. The number of methoxy groups -OCH3 is 2. The molecule has 5 nitrogen and oxygen atoms in total. The number of halogens is 1. The topological polar surface area (TPSA) is 56.8 Å². The zero-order valence-electron chi connectivity index (χ0n) is 13.2. The van der Waals surface area contributed by atoms with Gasteiger partial charge in [0.15, 0.2) is 12.6 Å². The van der Waals surface area contributed by atoms with E-state index in [0.717, 1.165) is 23.2 Å². The molecular weight excluding hydrogens is 318 g/mol. The van der Waals surface area contributed by atoms with Crippen molar-refractivity contribution >= 4 is 28.8 Å². The SMILES string of the molecule is COC1CC(C=C2C(=O)Nc3ccc(CCCl)cc32)C(OC)O1. The van der Waals surface area contributed by atoms with Gasteiger partial charge in [-0.3, -0.25) is 4.79 Å². The Balaban J connectivity index is 1.91. The van der Waals surface area contributed by atoms with Gasteiger partial charge in [0.2, 0.25) is 0 Å². The van der Waals surface area contributed by atoms with Crippen LogP contribution >= 0.6 is 11.6 Å². The average molecular weight is 338 g/mol. The van der Waals surface area contributed by atoms with E-state index in [-0.39, 0.29) is 18.1 Å². The molecule has 23 heavy (non-hydrogen) atoms. The van der Waals surface area contributed by atoms with Crippen molar-refractivity contribution in [2.24, 2.45) is 5.92 Å². The molecule has 1 saturated heterocycles. The Labute approximate surface area is 140 Å². The molecule has 3 atom stereocenters. The number of ether oxygens (including phenoxy) is 3. The van der Waals surface area contributed by atoms with Crippen LogP contribution in [0.15, 0.2) is 24.3 Å². The molecule has 1 aromatic rings. The van der Waals surface area contributed by atoms with Crippen LogP contribution in [0.4, 0.5) is 5.69 Å². The molecule has 6 heteroatoms. The predicted octanol–water partition coefficient (Wildman–Crippen LogP) is 2.78. The zero-order valence-corrected chi connectivity index (χ0v) is 13.9. The maximum absolute atomic E-state index is 12.3. The molecular formula is C17H20ClNO4. The fraction of sp³-hybridized carbons (Fsp3) is 0.471. The van der Waals surface area contributed by atoms with Crippen molar-refractivity contribution in [1.29, 1.82) is 0 Å². The number of alkyl halides is 1. The molecule has 0 radical (unpaired) electrons. The van der Waals surface area contributed by atoms with Crippen LogP contribution in [0, 0.1) is 5.92 Å². The van der Waals surface area contributed by atoms with Crippen LogP contribution in [0.2, 0.25) is 0 Å². The van der Waals surface area contributed by atoms with Crippen molar-refractivity contribution in [3.05, 3.63) is 35.4 Å². The number of amides is 1. The molecule has 2 aliphatic heterocycles. The van der Waals surface area contributed by atoms with Crippen LogP contribution in [-0.2, 0) is 25.4 Å². The molecule has 1 amide bonds. The van der Waals surface area contributed by atoms with Crippen LogP contribution in [0.5, 0.6) is 0 Å². The van der Waals surface area contributed by atoms with Gasteiger partial charge in [-0.2, -0.15) is 0 Å². The van der Waals surface area contributed by atoms with Crippen molar-refractivity contribution in [2.45, 2.75) is 25.4 Å². The van der Waals surface area contributed by atoms with Crippen LogP contribution in [0.25, 0.3) is 5.57 Å². The van der Waals surface area contributed by atoms with Gasteiger partial charge in [-0.05, 0) is 24.1 Å². The number of aryl methyl sites for hydroxylation is 1. The van der Waals surface area contributed by atoms with Gasteiger partial charge < -0.3 is 19.5 Å². The van der Waals surface area contributed by atoms with Gasteiger partial charge in [0.05, 0.1) is 0 Å². The largest absolute Gasteiger partial charge is 0.356 e. The number of carbonyl (C=O) groups is 1. The molecule has 2 aliphatic rings. The van der Waals surface area contributed by atoms with E-state index in [9.17, 15) is 4.79 Å². The summed E-state index contributed by atoms with van der Waals surface area (Å²) < 4.78 is 16.2. The summed E-state index contributed by atoms with van der Waals surface area (Å²) in [6, 6.07) is 5.93. The summed E-state index contributed by atoms with van der Waals surface area (Å²) in [7, 11) is 3.19. The standard InChI is InChI=1S/C17H20ClNO4/c1-21-15-9-11(17(22-2)23-15)8-13-12-7-10(5-6-18)3-4-14(12)19-16(13)20/h3-4,7-8,11,15,17H,5-6,9H2,1-2H3,(H,19,20). The van der Waals surface area contributed by atoms with E-state index in [1.165, 1.54) is 0 Å². The molecule has 0 bridgehead atoms. The molecule has 0 saturated carbocycles. The summed E-state index contributed by atoms with van der Waals surface area (Å²) >= 11 is 5.82. The lowest BCUT2D eigenvalue weighted by atomic mass is 9.97. The lowest BCUT2D eigenvalue weighted by Crippen LogP contribution is -2.18. The Morgan fingerprint density at radius 1 is 1.39 bits per heavy atom. The van der Waals surface area contributed by atoms with Gasteiger partial charge >= 0.3 is 0 Å².